The molecule has 2 fully saturated rings. The van der Waals surface area contributed by atoms with Gasteiger partial charge in [0.05, 0.1) is 6.20 Å². The van der Waals surface area contributed by atoms with Crippen LogP contribution in [-0.4, -0.2) is 63.4 Å². The second-order valence-corrected chi connectivity index (χ2v) is 12.0. The summed E-state index contributed by atoms with van der Waals surface area (Å²) in [5, 5.41) is 8.20. The van der Waals surface area contributed by atoms with Crippen molar-refractivity contribution in [1.29, 1.82) is 0 Å². The zero-order valence-electron chi connectivity index (χ0n) is 21.9. The summed E-state index contributed by atoms with van der Waals surface area (Å²) >= 11 is 13.4. The Morgan fingerprint density at radius 2 is 1.73 bits per heavy atom. The minimum Gasteiger partial charge on any atom is -0.339 e. The van der Waals surface area contributed by atoms with E-state index in [0.717, 1.165) is 48.9 Å². The Morgan fingerprint density at radius 3 is 2.42 bits per heavy atom. The Labute approximate surface area is 241 Å². The Morgan fingerprint density at radius 1 is 1.02 bits per heavy atom. The molecule has 210 valence electrons. The largest absolute Gasteiger partial charge is 0.339 e. The molecular weight excluding hydrogens is 557 g/mol. The molecule has 3 aliphatic rings. The van der Waals surface area contributed by atoms with E-state index in [1.165, 1.54) is 16.2 Å². The molecular formula is C30H30Cl2F2N4O2. The summed E-state index contributed by atoms with van der Waals surface area (Å²) in [6.45, 7) is 0.834. The number of halogens is 4. The first kappa shape index (κ1) is 27.2. The Bertz CT molecular complexity index is 1410. The van der Waals surface area contributed by atoms with Crippen molar-refractivity contribution < 1.29 is 18.4 Å². The Hall–Kier alpha value is -2.97. The van der Waals surface area contributed by atoms with E-state index >= 15 is 0 Å². The van der Waals surface area contributed by atoms with Crippen molar-refractivity contribution >= 4 is 35.0 Å². The fraction of sp³-hybridized carbons (Fsp3) is 0.433. The number of fused-ring (bicyclic) bond motifs is 1. The van der Waals surface area contributed by atoms with Gasteiger partial charge in [0, 0.05) is 65.7 Å². The van der Waals surface area contributed by atoms with Crippen molar-refractivity contribution in [1.82, 2.24) is 20.0 Å². The number of alkyl halides is 2. The molecule has 0 radical (unpaired) electrons. The molecule has 3 aromatic rings. The maximum atomic E-state index is 13.5. The number of nitrogens with one attached hydrogen (secondary N) is 1. The van der Waals surface area contributed by atoms with Gasteiger partial charge >= 0.3 is 0 Å². The molecule has 2 aliphatic heterocycles. The second-order valence-electron chi connectivity index (χ2n) is 11.1. The number of rotatable bonds is 5. The minimum atomic E-state index is -2.70. The van der Waals surface area contributed by atoms with Gasteiger partial charge in [0.2, 0.25) is 5.91 Å². The van der Waals surface area contributed by atoms with Crippen LogP contribution in [-0.2, 0) is 24.1 Å². The van der Waals surface area contributed by atoms with Gasteiger partial charge in [-0.1, -0.05) is 35.3 Å². The van der Waals surface area contributed by atoms with E-state index in [1.807, 2.05) is 23.2 Å². The van der Waals surface area contributed by atoms with Crippen LogP contribution in [0.15, 0.2) is 42.6 Å². The molecule has 0 saturated carbocycles. The third-order valence-electron chi connectivity index (χ3n) is 8.62. The maximum Gasteiger partial charge on any atom is 0.253 e. The van der Waals surface area contributed by atoms with E-state index in [2.05, 4.69) is 10.2 Å². The highest BCUT2D eigenvalue weighted by atomic mass is 35.5. The number of amides is 2. The first-order chi connectivity index (χ1) is 19.2. The average Bonchev–Trinajstić information content (AvgIpc) is 3.56. The summed E-state index contributed by atoms with van der Waals surface area (Å²) in [6, 6.07) is 10.9. The molecule has 2 amide bonds. The van der Waals surface area contributed by atoms with Crippen LogP contribution in [0.5, 0.6) is 0 Å². The minimum absolute atomic E-state index is 0.0491. The van der Waals surface area contributed by atoms with Crippen molar-refractivity contribution in [2.75, 3.05) is 19.6 Å². The van der Waals surface area contributed by atoms with Gasteiger partial charge in [-0.15, -0.1) is 0 Å². The van der Waals surface area contributed by atoms with Gasteiger partial charge in [0.15, 0.2) is 0 Å². The van der Waals surface area contributed by atoms with Gasteiger partial charge in [-0.25, -0.2) is 8.78 Å². The number of H-pyrrole nitrogens is 1. The summed E-state index contributed by atoms with van der Waals surface area (Å²) in [5.41, 5.74) is 5.22. The third-order valence-corrected chi connectivity index (χ3v) is 9.30. The molecule has 6 rings (SSSR count). The van der Waals surface area contributed by atoms with Gasteiger partial charge < -0.3 is 9.80 Å². The normalized spacial score (nSPS) is 22.4. The number of hydrogen-bond acceptors (Lipinski definition) is 3. The third kappa shape index (κ3) is 5.36. The fourth-order valence-electron chi connectivity index (χ4n) is 6.21. The van der Waals surface area contributed by atoms with Crippen LogP contribution in [0.1, 0.15) is 52.9 Å². The lowest BCUT2D eigenvalue weighted by Crippen LogP contribution is -2.42. The van der Waals surface area contributed by atoms with Gasteiger partial charge in [-0.2, -0.15) is 5.10 Å². The van der Waals surface area contributed by atoms with Crippen LogP contribution in [0.25, 0.3) is 11.1 Å². The Balaban J connectivity index is 1.11. The summed E-state index contributed by atoms with van der Waals surface area (Å²) in [7, 11) is 0. The highest BCUT2D eigenvalue weighted by Crippen LogP contribution is 2.37. The smallest absolute Gasteiger partial charge is 0.253 e. The number of piperidine rings is 1. The number of carbonyl (C=O) groups excluding carboxylic acids is 2. The maximum absolute atomic E-state index is 13.5. The molecule has 3 heterocycles. The zero-order chi connectivity index (χ0) is 28.0. The van der Waals surface area contributed by atoms with Gasteiger partial charge in [-0.3, -0.25) is 14.7 Å². The van der Waals surface area contributed by atoms with Gasteiger partial charge in [-0.05, 0) is 78.6 Å². The van der Waals surface area contributed by atoms with E-state index in [1.54, 1.807) is 24.3 Å². The van der Waals surface area contributed by atoms with Crippen LogP contribution in [0.4, 0.5) is 8.78 Å². The van der Waals surface area contributed by atoms with Crippen LogP contribution in [0.3, 0.4) is 0 Å². The number of hydrogen-bond donors (Lipinski definition) is 1. The van der Waals surface area contributed by atoms with Gasteiger partial charge in [0.25, 0.3) is 11.8 Å². The molecule has 1 aliphatic carbocycles. The van der Waals surface area contributed by atoms with Crippen LogP contribution >= 0.6 is 23.2 Å². The molecule has 10 heteroatoms. The summed E-state index contributed by atoms with van der Waals surface area (Å²) in [6.07, 6.45) is 5.17. The number of nitrogens with zero attached hydrogens (tertiary/aromatic N) is 3. The van der Waals surface area contributed by atoms with Crippen molar-refractivity contribution in [2.24, 2.45) is 5.92 Å². The van der Waals surface area contributed by atoms with Crippen LogP contribution in [0.2, 0.25) is 10.0 Å². The molecule has 0 bridgehead atoms. The molecule has 1 aromatic heterocycles. The number of benzene rings is 2. The Kier molecular flexibility index (Phi) is 7.34. The molecule has 6 nitrogen and oxygen atoms in total. The average molecular weight is 587 g/mol. The summed E-state index contributed by atoms with van der Waals surface area (Å²) in [5.74, 6) is -2.95. The van der Waals surface area contributed by atoms with Gasteiger partial charge in [0.1, 0.15) is 0 Å². The molecule has 2 aromatic carbocycles. The standard InChI is InChI=1S/C30H30Cl2F2N4O2/c31-25-15-21(18-1-3-19(4-2-18)28(39)37-11-8-30(33,34)9-12-37)16-26(32)24(25)14-20-7-10-38(29(20)40)23-5-6-27-22(13-23)17-35-36-27/h1-4,15-17,20,23H,5-14H2,(H,35,36)/t20-,23?/m0/s1. The van der Waals surface area contributed by atoms with E-state index in [4.69, 9.17) is 23.2 Å². The molecule has 2 saturated heterocycles. The lowest BCUT2D eigenvalue weighted by atomic mass is 9.92. The van der Waals surface area contributed by atoms with Crippen LogP contribution < -0.4 is 0 Å². The van der Waals surface area contributed by atoms with Crippen molar-refractivity contribution in [2.45, 2.75) is 56.9 Å². The zero-order valence-corrected chi connectivity index (χ0v) is 23.4. The predicted molar refractivity (Wildman–Crippen MR) is 150 cm³/mol. The topological polar surface area (TPSA) is 69.3 Å². The number of aromatic nitrogens is 2. The highest BCUT2D eigenvalue weighted by molar-refractivity contribution is 6.36. The summed E-state index contributed by atoms with van der Waals surface area (Å²) in [4.78, 5) is 29.6. The quantitative estimate of drug-likeness (QED) is 0.387. The first-order valence-electron chi connectivity index (χ1n) is 13.8. The molecule has 1 N–H and O–H groups in total. The second kappa shape index (κ2) is 10.8. The predicted octanol–water partition coefficient (Wildman–Crippen LogP) is 6.20. The first-order valence-corrected chi connectivity index (χ1v) is 14.5. The molecule has 1 unspecified atom stereocenters. The van der Waals surface area contributed by atoms with E-state index < -0.39 is 5.92 Å². The number of carbonyl (C=O) groups is 2. The molecule has 2 atom stereocenters. The number of likely N-dealkylation sites (tertiary alicyclic amines) is 2. The molecule has 0 spiro atoms. The molecule has 40 heavy (non-hydrogen) atoms. The van der Waals surface area contributed by atoms with Crippen LogP contribution in [0, 0.1) is 5.92 Å². The number of aryl methyl sites for hydroxylation is 1. The number of aromatic amines is 1. The monoisotopic (exact) mass is 586 g/mol. The highest BCUT2D eigenvalue weighted by Gasteiger charge is 2.38. The lowest BCUT2D eigenvalue weighted by Gasteiger charge is -2.31. The van der Waals surface area contributed by atoms with Crippen molar-refractivity contribution in [3.63, 3.8) is 0 Å². The van der Waals surface area contributed by atoms with Crippen molar-refractivity contribution in [3.05, 3.63) is 75.0 Å². The SMILES string of the molecule is O=C(c1ccc(-c2cc(Cl)c(C[C@@H]3CCN(C4CCc5[nH]ncc5C4)C3=O)c(Cl)c2)cc1)N1CCC(F)(F)CC1. The lowest BCUT2D eigenvalue weighted by molar-refractivity contribution is -0.133. The summed E-state index contributed by atoms with van der Waals surface area (Å²) < 4.78 is 26.9. The van der Waals surface area contributed by atoms with Crippen molar-refractivity contribution in [3.8, 4) is 11.1 Å². The van der Waals surface area contributed by atoms with E-state index in [-0.39, 0.29) is 49.7 Å². The van der Waals surface area contributed by atoms with E-state index in [9.17, 15) is 18.4 Å². The fourth-order valence-corrected chi connectivity index (χ4v) is 6.86. The van der Waals surface area contributed by atoms with E-state index in [0.29, 0.717) is 22.0 Å².